The zero-order chi connectivity index (χ0) is 4.99. The highest BCUT2D eigenvalue weighted by Gasteiger charge is 1.86. The maximum atomic E-state index is 5.01. The number of hydrogen-bond donors (Lipinski definition) is 0. The average molecular weight is 98.2 g/mol. The molecule has 0 unspecified atom stereocenters. The Kier molecular flexibility index (Phi) is 2.88. The summed E-state index contributed by atoms with van der Waals surface area (Å²) in [5.74, 6) is 2.63. The van der Waals surface area contributed by atoms with Crippen LogP contribution in [0.15, 0.2) is 0 Å². The lowest BCUT2D eigenvalue weighted by Crippen LogP contribution is -1.94. The molecule has 0 aliphatic heterocycles. The van der Waals surface area contributed by atoms with E-state index in [9.17, 15) is 0 Å². The molecule has 1 heteroatoms. The zero-order valence-corrected chi connectivity index (χ0v) is 5.52. The van der Waals surface area contributed by atoms with Gasteiger partial charge in [-0.2, -0.15) is 0 Å². The molecule has 0 rings (SSSR count). The fraction of sp³-hybridized carbons (Fsp3) is 0.600. The standard InChI is InChI=1S/C5H10Si/c1-4-5-6(2)3/h1,6H,5H2,2-3H3. The first-order valence-electron chi connectivity index (χ1n) is 2.21. The Bertz CT molecular complexity index is 58.8. The van der Waals surface area contributed by atoms with Gasteiger partial charge in [0.15, 0.2) is 0 Å². The molecule has 0 aromatic rings. The first kappa shape index (κ1) is 5.78. The van der Waals surface area contributed by atoms with Crippen LogP contribution in [0, 0.1) is 12.3 Å². The Morgan fingerprint density at radius 3 is 2.17 bits per heavy atom. The summed E-state index contributed by atoms with van der Waals surface area (Å²) in [7, 11) is -0.407. The van der Waals surface area contributed by atoms with Gasteiger partial charge in [-0.1, -0.05) is 13.1 Å². The van der Waals surface area contributed by atoms with E-state index in [4.69, 9.17) is 6.42 Å². The second-order valence-corrected chi connectivity index (χ2v) is 5.00. The largest absolute Gasteiger partial charge is 0.120 e. The van der Waals surface area contributed by atoms with E-state index in [-0.39, 0.29) is 0 Å². The molecule has 0 aromatic heterocycles. The van der Waals surface area contributed by atoms with Gasteiger partial charge in [0.05, 0.1) is 0 Å². The molecule has 0 saturated carbocycles. The van der Waals surface area contributed by atoms with E-state index in [0.717, 1.165) is 6.04 Å². The summed E-state index contributed by atoms with van der Waals surface area (Å²) in [6, 6.07) is 1.04. The molecule has 0 fully saturated rings. The first-order valence-corrected chi connectivity index (χ1v) is 5.33. The fourth-order valence-electron chi connectivity index (χ4n) is 0.236. The highest BCUT2D eigenvalue weighted by atomic mass is 28.3. The van der Waals surface area contributed by atoms with Crippen LogP contribution in [0.3, 0.4) is 0 Å². The van der Waals surface area contributed by atoms with Gasteiger partial charge in [-0.3, -0.25) is 0 Å². The summed E-state index contributed by atoms with van der Waals surface area (Å²) >= 11 is 0. The van der Waals surface area contributed by atoms with Crippen LogP contribution >= 0.6 is 0 Å². The van der Waals surface area contributed by atoms with Crippen LogP contribution in [0.25, 0.3) is 0 Å². The minimum atomic E-state index is -0.407. The predicted molar refractivity (Wildman–Crippen MR) is 32.5 cm³/mol. The van der Waals surface area contributed by atoms with E-state index >= 15 is 0 Å². The summed E-state index contributed by atoms with van der Waals surface area (Å²) < 4.78 is 0. The molecule has 6 heavy (non-hydrogen) atoms. The highest BCUT2D eigenvalue weighted by molar-refractivity contribution is 6.56. The maximum Gasteiger partial charge on any atom is 0.0443 e. The van der Waals surface area contributed by atoms with Crippen molar-refractivity contribution < 1.29 is 0 Å². The van der Waals surface area contributed by atoms with Crippen LogP contribution < -0.4 is 0 Å². The molecule has 0 bridgehead atoms. The molecule has 0 atom stereocenters. The molecule has 0 saturated heterocycles. The summed E-state index contributed by atoms with van der Waals surface area (Å²) in [6.45, 7) is 4.50. The monoisotopic (exact) mass is 98.1 g/mol. The third-order valence-corrected chi connectivity index (χ3v) is 1.58. The predicted octanol–water partition coefficient (Wildman–Crippen LogP) is 1.11. The summed E-state index contributed by atoms with van der Waals surface area (Å²) in [5, 5.41) is 0. The van der Waals surface area contributed by atoms with Crippen LogP contribution in [0.2, 0.25) is 19.1 Å². The van der Waals surface area contributed by atoms with Crippen LogP contribution in [0.5, 0.6) is 0 Å². The van der Waals surface area contributed by atoms with Crippen molar-refractivity contribution in [3.63, 3.8) is 0 Å². The Labute approximate surface area is 41.2 Å². The molecule has 34 valence electrons. The highest BCUT2D eigenvalue weighted by Crippen LogP contribution is 1.84. The van der Waals surface area contributed by atoms with Crippen molar-refractivity contribution in [3.05, 3.63) is 0 Å². The topological polar surface area (TPSA) is 0 Å². The maximum absolute atomic E-state index is 5.01. The molecule has 0 aromatic carbocycles. The van der Waals surface area contributed by atoms with Crippen molar-refractivity contribution >= 4 is 8.80 Å². The molecule has 0 aliphatic rings. The number of hydrogen-bond acceptors (Lipinski definition) is 0. The summed E-state index contributed by atoms with van der Waals surface area (Å²) in [4.78, 5) is 0. The van der Waals surface area contributed by atoms with Crippen LogP contribution in [0.4, 0.5) is 0 Å². The molecule has 0 spiro atoms. The molecular weight excluding hydrogens is 88.1 g/mol. The second kappa shape index (κ2) is 2.99. The molecule has 0 heterocycles. The average Bonchev–Trinajstić information content (AvgIpc) is 1.35. The SMILES string of the molecule is C#CC[SiH](C)C. The van der Waals surface area contributed by atoms with Crippen molar-refractivity contribution in [1.29, 1.82) is 0 Å². The zero-order valence-electron chi connectivity index (χ0n) is 4.36. The van der Waals surface area contributed by atoms with Crippen LogP contribution in [-0.4, -0.2) is 8.80 Å². The van der Waals surface area contributed by atoms with Gasteiger partial charge in [-0.05, 0) is 6.04 Å². The van der Waals surface area contributed by atoms with E-state index in [1.807, 2.05) is 0 Å². The minimum Gasteiger partial charge on any atom is -0.120 e. The normalized spacial score (nSPS) is 8.33. The smallest absolute Gasteiger partial charge is 0.0443 e. The van der Waals surface area contributed by atoms with Gasteiger partial charge < -0.3 is 0 Å². The molecule has 0 radical (unpaired) electrons. The van der Waals surface area contributed by atoms with Gasteiger partial charge in [0.25, 0.3) is 0 Å². The van der Waals surface area contributed by atoms with E-state index in [1.54, 1.807) is 0 Å². The Balaban J connectivity index is 2.88. The minimum absolute atomic E-state index is 0.407. The third kappa shape index (κ3) is 3.78. The van der Waals surface area contributed by atoms with Crippen LogP contribution in [0.1, 0.15) is 0 Å². The molecule has 0 aliphatic carbocycles. The Hall–Kier alpha value is -0.223. The fourth-order valence-corrected chi connectivity index (χ4v) is 0.707. The van der Waals surface area contributed by atoms with E-state index in [2.05, 4.69) is 19.0 Å². The van der Waals surface area contributed by atoms with E-state index < -0.39 is 8.80 Å². The van der Waals surface area contributed by atoms with Crippen molar-refractivity contribution in [2.45, 2.75) is 19.1 Å². The van der Waals surface area contributed by atoms with Crippen molar-refractivity contribution in [2.75, 3.05) is 0 Å². The molecular formula is C5H10Si. The molecule has 0 N–H and O–H groups in total. The lowest BCUT2D eigenvalue weighted by Gasteiger charge is -1.87. The van der Waals surface area contributed by atoms with Crippen molar-refractivity contribution in [1.82, 2.24) is 0 Å². The van der Waals surface area contributed by atoms with Gasteiger partial charge in [-0.15, -0.1) is 12.3 Å². The lowest BCUT2D eigenvalue weighted by molar-refractivity contribution is 1.71. The molecule has 0 amide bonds. The summed E-state index contributed by atoms with van der Waals surface area (Å²) in [6.07, 6.45) is 5.01. The van der Waals surface area contributed by atoms with Gasteiger partial charge in [-0.25, -0.2) is 0 Å². The first-order chi connectivity index (χ1) is 2.77. The second-order valence-electron chi connectivity index (χ2n) is 1.80. The van der Waals surface area contributed by atoms with Gasteiger partial charge >= 0.3 is 0 Å². The lowest BCUT2D eigenvalue weighted by atomic mass is 10.8. The van der Waals surface area contributed by atoms with E-state index in [0.29, 0.717) is 0 Å². The Morgan fingerprint density at radius 2 is 2.17 bits per heavy atom. The van der Waals surface area contributed by atoms with Crippen molar-refractivity contribution in [2.24, 2.45) is 0 Å². The Morgan fingerprint density at radius 1 is 1.67 bits per heavy atom. The van der Waals surface area contributed by atoms with Gasteiger partial charge in [0.1, 0.15) is 0 Å². The van der Waals surface area contributed by atoms with Gasteiger partial charge in [0.2, 0.25) is 0 Å². The summed E-state index contributed by atoms with van der Waals surface area (Å²) in [5.41, 5.74) is 0. The van der Waals surface area contributed by atoms with Gasteiger partial charge in [0, 0.05) is 8.80 Å². The molecule has 0 nitrogen and oxygen atoms in total. The van der Waals surface area contributed by atoms with Crippen molar-refractivity contribution in [3.8, 4) is 12.3 Å². The van der Waals surface area contributed by atoms with E-state index in [1.165, 1.54) is 0 Å². The third-order valence-electron chi connectivity index (χ3n) is 0.526. The van der Waals surface area contributed by atoms with Crippen LogP contribution in [-0.2, 0) is 0 Å². The number of rotatable bonds is 1. The number of terminal acetylenes is 1. The quantitative estimate of drug-likeness (QED) is 0.340.